The summed E-state index contributed by atoms with van der Waals surface area (Å²) in [4.78, 5) is 0. The second-order valence-corrected chi connectivity index (χ2v) is 4.42. The second-order valence-electron chi connectivity index (χ2n) is 4.42. The molecule has 0 aliphatic rings. The SMILES string of the molecule is N#Cc1cc(-c2cc(C#N)c(N)c(C#N)c2)cc(C#N)c1N. The number of benzene rings is 2. The lowest BCUT2D eigenvalue weighted by molar-refractivity contribution is 1.43. The number of anilines is 2. The normalized spacial score (nSPS) is 9.09. The molecule has 0 unspecified atom stereocenters. The van der Waals surface area contributed by atoms with E-state index in [1.807, 2.05) is 24.3 Å². The fourth-order valence-electron chi connectivity index (χ4n) is 2.01. The van der Waals surface area contributed by atoms with E-state index in [9.17, 15) is 0 Å². The first-order valence-corrected chi connectivity index (χ1v) is 6.03. The van der Waals surface area contributed by atoms with Crippen molar-refractivity contribution in [2.75, 3.05) is 11.5 Å². The molecular formula is C16H8N6. The minimum atomic E-state index is 0.102. The summed E-state index contributed by atoms with van der Waals surface area (Å²) >= 11 is 0. The smallest absolute Gasteiger partial charge is 0.101 e. The Balaban J connectivity index is 2.80. The van der Waals surface area contributed by atoms with Gasteiger partial charge >= 0.3 is 0 Å². The van der Waals surface area contributed by atoms with Crippen molar-refractivity contribution in [2.45, 2.75) is 0 Å². The first-order valence-electron chi connectivity index (χ1n) is 6.03. The van der Waals surface area contributed by atoms with Crippen molar-refractivity contribution in [1.82, 2.24) is 0 Å². The van der Waals surface area contributed by atoms with E-state index in [1.54, 1.807) is 0 Å². The number of nitrogens with zero attached hydrogens (tertiary/aromatic N) is 4. The lowest BCUT2D eigenvalue weighted by Gasteiger charge is -2.09. The van der Waals surface area contributed by atoms with Gasteiger partial charge < -0.3 is 11.5 Å². The summed E-state index contributed by atoms with van der Waals surface area (Å²) in [6, 6.07) is 13.7. The van der Waals surface area contributed by atoms with Crippen LogP contribution in [-0.4, -0.2) is 0 Å². The number of nitrogens with two attached hydrogens (primary N) is 2. The van der Waals surface area contributed by atoms with Crippen molar-refractivity contribution in [1.29, 1.82) is 21.0 Å². The first-order chi connectivity index (χ1) is 10.5. The lowest BCUT2D eigenvalue weighted by atomic mass is 9.95. The van der Waals surface area contributed by atoms with Gasteiger partial charge in [0, 0.05) is 0 Å². The van der Waals surface area contributed by atoms with Crippen molar-refractivity contribution in [3.63, 3.8) is 0 Å². The van der Waals surface area contributed by atoms with Crippen LogP contribution in [-0.2, 0) is 0 Å². The molecule has 0 saturated heterocycles. The molecule has 0 atom stereocenters. The van der Waals surface area contributed by atoms with Gasteiger partial charge in [-0.3, -0.25) is 0 Å². The maximum absolute atomic E-state index is 9.09. The molecule has 2 aromatic rings. The van der Waals surface area contributed by atoms with Crippen LogP contribution < -0.4 is 11.5 Å². The van der Waals surface area contributed by atoms with Crippen molar-refractivity contribution in [2.24, 2.45) is 0 Å². The summed E-state index contributed by atoms with van der Waals surface area (Å²) in [6.07, 6.45) is 0. The maximum Gasteiger partial charge on any atom is 0.101 e. The number of hydrogen-bond acceptors (Lipinski definition) is 6. The summed E-state index contributed by atoms with van der Waals surface area (Å²) in [5.41, 5.74) is 13.3. The molecule has 0 spiro atoms. The number of hydrogen-bond donors (Lipinski definition) is 2. The highest BCUT2D eigenvalue weighted by Crippen LogP contribution is 2.30. The minimum Gasteiger partial charge on any atom is -0.397 e. The van der Waals surface area contributed by atoms with E-state index < -0.39 is 0 Å². The fourth-order valence-corrected chi connectivity index (χ4v) is 2.01. The van der Waals surface area contributed by atoms with Crippen LogP contribution in [0.3, 0.4) is 0 Å². The van der Waals surface area contributed by atoms with E-state index in [2.05, 4.69) is 0 Å². The highest BCUT2D eigenvalue weighted by Gasteiger charge is 2.13. The van der Waals surface area contributed by atoms with Gasteiger partial charge in [0.15, 0.2) is 0 Å². The monoisotopic (exact) mass is 284 g/mol. The van der Waals surface area contributed by atoms with Crippen molar-refractivity contribution in [3.8, 4) is 35.4 Å². The molecule has 0 heterocycles. The molecule has 2 rings (SSSR count). The highest BCUT2D eigenvalue weighted by atomic mass is 14.6. The zero-order chi connectivity index (χ0) is 16.3. The van der Waals surface area contributed by atoms with Crippen LogP contribution in [0.15, 0.2) is 24.3 Å². The molecule has 6 heteroatoms. The quantitative estimate of drug-likeness (QED) is 0.765. The molecular weight excluding hydrogens is 276 g/mol. The standard InChI is InChI=1S/C16H8N6/c17-5-11-1-9(2-12(6-18)15(11)21)10-3-13(7-19)16(22)14(4-10)8-20/h1-4H,21-22H2. The van der Waals surface area contributed by atoms with Gasteiger partial charge in [0.25, 0.3) is 0 Å². The molecule has 0 fully saturated rings. The molecule has 102 valence electrons. The molecule has 0 radical (unpaired) electrons. The van der Waals surface area contributed by atoms with Gasteiger partial charge in [0.1, 0.15) is 24.3 Å². The summed E-state index contributed by atoms with van der Waals surface area (Å²) in [6.45, 7) is 0. The van der Waals surface area contributed by atoms with Crippen LogP contribution in [0.25, 0.3) is 11.1 Å². The molecule has 0 aliphatic heterocycles. The van der Waals surface area contributed by atoms with Crippen LogP contribution in [0.2, 0.25) is 0 Å². The average molecular weight is 284 g/mol. The Bertz CT molecular complexity index is 795. The first kappa shape index (κ1) is 14.4. The highest BCUT2D eigenvalue weighted by molar-refractivity contribution is 5.79. The lowest BCUT2D eigenvalue weighted by Crippen LogP contribution is -1.98. The van der Waals surface area contributed by atoms with Gasteiger partial charge in [0.05, 0.1) is 33.6 Å². The maximum atomic E-state index is 9.09. The fraction of sp³-hybridized carbons (Fsp3) is 0. The van der Waals surface area contributed by atoms with Crippen LogP contribution in [0.4, 0.5) is 11.4 Å². The molecule has 6 nitrogen and oxygen atoms in total. The molecule has 0 aromatic heterocycles. The number of rotatable bonds is 1. The molecule has 2 aromatic carbocycles. The van der Waals surface area contributed by atoms with Gasteiger partial charge in [-0.05, 0) is 35.4 Å². The summed E-state index contributed by atoms with van der Waals surface area (Å²) in [7, 11) is 0. The van der Waals surface area contributed by atoms with E-state index >= 15 is 0 Å². The second kappa shape index (κ2) is 5.55. The third kappa shape index (κ3) is 2.25. The van der Waals surface area contributed by atoms with Gasteiger partial charge in [-0.15, -0.1) is 0 Å². The Kier molecular flexibility index (Phi) is 3.64. The third-order valence-corrected chi connectivity index (χ3v) is 3.18. The van der Waals surface area contributed by atoms with Gasteiger partial charge in [0.2, 0.25) is 0 Å². The van der Waals surface area contributed by atoms with E-state index in [0.717, 1.165) is 0 Å². The van der Waals surface area contributed by atoms with E-state index in [0.29, 0.717) is 11.1 Å². The Labute approximate surface area is 126 Å². The predicted molar refractivity (Wildman–Crippen MR) is 79.6 cm³/mol. The third-order valence-electron chi connectivity index (χ3n) is 3.18. The Morgan fingerprint density at radius 3 is 0.955 bits per heavy atom. The molecule has 22 heavy (non-hydrogen) atoms. The molecule has 0 aliphatic carbocycles. The van der Waals surface area contributed by atoms with Crippen LogP contribution in [0.1, 0.15) is 22.3 Å². The molecule has 0 saturated carbocycles. The van der Waals surface area contributed by atoms with Crippen molar-refractivity contribution >= 4 is 11.4 Å². The van der Waals surface area contributed by atoms with E-state index in [4.69, 9.17) is 32.5 Å². The molecule has 0 bridgehead atoms. The number of nitriles is 4. The Hall–Kier alpha value is -4.00. The van der Waals surface area contributed by atoms with Gasteiger partial charge in [-0.25, -0.2) is 0 Å². The molecule has 0 amide bonds. The largest absolute Gasteiger partial charge is 0.397 e. The van der Waals surface area contributed by atoms with Crippen LogP contribution in [0.5, 0.6) is 0 Å². The van der Waals surface area contributed by atoms with E-state index in [1.165, 1.54) is 24.3 Å². The number of nitrogen functional groups attached to an aromatic ring is 2. The zero-order valence-corrected chi connectivity index (χ0v) is 11.3. The Morgan fingerprint density at radius 1 is 0.545 bits per heavy atom. The van der Waals surface area contributed by atoms with Gasteiger partial charge in [-0.1, -0.05) is 0 Å². The summed E-state index contributed by atoms with van der Waals surface area (Å²) in [5.74, 6) is 0. The zero-order valence-electron chi connectivity index (χ0n) is 11.3. The molecule has 4 N–H and O–H groups in total. The minimum absolute atomic E-state index is 0.102. The summed E-state index contributed by atoms with van der Waals surface area (Å²) < 4.78 is 0. The predicted octanol–water partition coefficient (Wildman–Crippen LogP) is 2.00. The van der Waals surface area contributed by atoms with Crippen molar-refractivity contribution < 1.29 is 0 Å². The van der Waals surface area contributed by atoms with Gasteiger partial charge in [-0.2, -0.15) is 21.0 Å². The average Bonchev–Trinajstić information content (AvgIpc) is 2.55. The van der Waals surface area contributed by atoms with Crippen LogP contribution in [0, 0.1) is 45.3 Å². The van der Waals surface area contributed by atoms with Crippen LogP contribution >= 0.6 is 0 Å². The Morgan fingerprint density at radius 2 is 0.773 bits per heavy atom. The van der Waals surface area contributed by atoms with E-state index in [-0.39, 0.29) is 33.6 Å². The summed E-state index contributed by atoms with van der Waals surface area (Å²) in [5, 5.41) is 36.4. The topological polar surface area (TPSA) is 147 Å². The van der Waals surface area contributed by atoms with Crippen molar-refractivity contribution in [3.05, 3.63) is 46.5 Å².